The van der Waals surface area contributed by atoms with E-state index in [-0.39, 0.29) is 16.9 Å². The molecule has 0 bridgehead atoms. The second kappa shape index (κ2) is 8.62. The van der Waals surface area contributed by atoms with E-state index in [2.05, 4.69) is 10.1 Å². The Hall–Kier alpha value is -3.26. The second-order valence-electron chi connectivity index (χ2n) is 5.57. The number of esters is 1. The highest BCUT2D eigenvalue weighted by Crippen LogP contribution is 2.36. The lowest BCUT2D eigenvalue weighted by Crippen LogP contribution is -2.14. The van der Waals surface area contributed by atoms with Crippen LogP contribution in [0.15, 0.2) is 60.0 Å². The van der Waals surface area contributed by atoms with Crippen molar-refractivity contribution in [1.82, 2.24) is 0 Å². The third-order valence-corrected chi connectivity index (χ3v) is 4.73. The minimum absolute atomic E-state index is 0.0516. The number of anilines is 1. The van der Waals surface area contributed by atoms with Gasteiger partial charge < -0.3 is 14.8 Å². The number of rotatable bonds is 6. The lowest BCUT2D eigenvalue weighted by molar-refractivity contribution is -0.0498. The molecule has 8 heteroatoms. The Labute approximate surface area is 163 Å². The molecule has 0 unspecified atom stereocenters. The normalized spacial score (nSPS) is 10.6. The molecule has 1 amide bonds. The highest BCUT2D eigenvalue weighted by atomic mass is 32.1. The summed E-state index contributed by atoms with van der Waals surface area (Å²) in [5.74, 6) is -1.12. The van der Waals surface area contributed by atoms with Crippen molar-refractivity contribution in [3.8, 4) is 16.9 Å². The van der Waals surface area contributed by atoms with Crippen molar-refractivity contribution in [3.05, 3.63) is 71.1 Å². The van der Waals surface area contributed by atoms with Gasteiger partial charge in [-0.05, 0) is 29.8 Å². The number of hydrogen-bond donors (Lipinski definition) is 1. The summed E-state index contributed by atoms with van der Waals surface area (Å²) >= 11 is 1.19. The number of thiophene rings is 1. The van der Waals surface area contributed by atoms with E-state index in [0.29, 0.717) is 10.6 Å². The molecule has 3 rings (SSSR count). The molecule has 0 fully saturated rings. The monoisotopic (exact) mass is 403 g/mol. The Morgan fingerprint density at radius 1 is 1.04 bits per heavy atom. The van der Waals surface area contributed by atoms with Crippen LogP contribution in [0.1, 0.15) is 20.7 Å². The van der Waals surface area contributed by atoms with Crippen molar-refractivity contribution in [2.45, 2.75) is 6.61 Å². The number of methoxy groups -OCH3 is 1. The second-order valence-corrected chi connectivity index (χ2v) is 6.45. The van der Waals surface area contributed by atoms with Crippen LogP contribution in [0, 0.1) is 0 Å². The average molecular weight is 403 g/mol. The molecule has 144 valence electrons. The highest BCUT2D eigenvalue weighted by Gasteiger charge is 2.22. The van der Waals surface area contributed by atoms with Crippen LogP contribution in [0.5, 0.6) is 5.75 Å². The number of benzene rings is 2. The zero-order valence-electron chi connectivity index (χ0n) is 14.6. The van der Waals surface area contributed by atoms with Gasteiger partial charge in [0.25, 0.3) is 5.91 Å². The third-order valence-electron chi connectivity index (χ3n) is 3.83. The minimum atomic E-state index is -2.94. The fourth-order valence-electron chi connectivity index (χ4n) is 2.55. The number of carbonyl (C=O) groups excluding carboxylic acids is 2. The van der Waals surface area contributed by atoms with Gasteiger partial charge in [0, 0.05) is 16.5 Å². The van der Waals surface area contributed by atoms with Crippen LogP contribution in [0.25, 0.3) is 11.1 Å². The van der Waals surface area contributed by atoms with Crippen molar-refractivity contribution >= 4 is 28.2 Å². The quantitative estimate of drug-likeness (QED) is 0.585. The van der Waals surface area contributed by atoms with Gasteiger partial charge in [0.15, 0.2) is 0 Å². The van der Waals surface area contributed by atoms with Gasteiger partial charge in [-0.3, -0.25) is 4.79 Å². The first-order valence-corrected chi connectivity index (χ1v) is 8.99. The van der Waals surface area contributed by atoms with Gasteiger partial charge in [0.05, 0.1) is 7.11 Å². The maximum absolute atomic E-state index is 12.5. The van der Waals surface area contributed by atoms with Gasteiger partial charge in [-0.1, -0.05) is 30.3 Å². The number of alkyl halides is 2. The molecule has 0 saturated heterocycles. The lowest BCUT2D eigenvalue weighted by atomic mass is 10.0. The zero-order valence-corrected chi connectivity index (χ0v) is 15.5. The molecule has 0 aliphatic rings. The molecule has 1 N–H and O–H groups in total. The number of ether oxygens (including phenoxy) is 2. The van der Waals surface area contributed by atoms with Gasteiger partial charge in [-0.2, -0.15) is 8.78 Å². The van der Waals surface area contributed by atoms with Crippen LogP contribution in [0.4, 0.5) is 13.8 Å². The van der Waals surface area contributed by atoms with E-state index in [0.717, 1.165) is 5.56 Å². The molecule has 0 spiro atoms. The summed E-state index contributed by atoms with van der Waals surface area (Å²) in [5, 5.41) is 4.78. The predicted molar refractivity (Wildman–Crippen MR) is 102 cm³/mol. The van der Waals surface area contributed by atoms with Crippen LogP contribution in [0.3, 0.4) is 0 Å². The molecule has 0 saturated carbocycles. The van der Waals surface area contributed by atoms with Crippen molar-refractivity contribution in [2.75, 3.05) is 12.4 Å². The average Bonchev–Trinajstić information content (AvgIpc) is 3.11. The Balaban J connectivity index is 1.86. The molecular formula is C20H15F2NO4S. The number of nitrogens with one attached hydrogen (secondary N) is 1. The highest BCUT2D eigenvalue weighted by molar-refractivity contribution is 7.15. The fourth-order valence-corrected chi connectivity index (χ4v) is 3.50. The van der Waals surface area contributed by atoms with Crippen LogP contribution in [-0.2, 0) is 4.74 Å². The molecule has 3 aromatic rings. The molecule has 2 aromatic carbocycles. The van der Waals surface area contributed by atoms with E-state index < -0.39 is 18.5 Å². The molecule has 28 heavy (non-hydrogen) atoms. The molecule has 0 radical (unpaired) electrons. The van der Waals surface area contributed by atoms with Crippen LogP contribution >= 0.6 is 11.3 Å². The standard InChI is InChI=1S/C20H15F2NO4S/c1-26-19(25)16-15(12-5-3-2-4-6-12)11-28-18(16)23-17(24)13-7-9-14(10-8-13)27-20(21)22/h2-11,20H,1H3,(H,23,24). The van der Waals surface area contributed by atoms with E-state index >= 15 is 0 Å². The van der Waals surface area contributed by atoms with E-state index in [1.807, 2.05) is 30.3 Å². The zero-order chi connectivity index (χ0) is 20.1. The number of carbonyl (C=O) groups is 2. The van der Waals surface area contributed by atoms with Crippen LogP contribution in [-0.4, -0.2) is 25.6 Å². The summed E-state index contributed by atoms with van der Waals surface area (Å²) in [6, 6.07) is 14.5. The summed E-state index contributed by atoms with van der Waals surface area (Å²) in [6.45, 7) is -2.94. The molecule has 0 aliphatic carbocycles. The molecule has 0 atom stereocenters. The maximum Gasteiger partial charge on any atom is 0.387 e. The number of amides is 1. The SMILES string of the molecule is COC(=O)c1c(-c2ccccc2)csc1NC(=O)c1ccc(OC(F)F)cc1. The van der Waals surface area contributed by atoms with Gasteiger partial charge >= 0.3 is 12.6 Å². The Bertz CT molecular complexity index is 972. The first kappa shape index (κ1) is 19.5. The molecule has 0 aliphatic heterocycles. The Morgan fingerprint density at radius 3 is 2.32 bits per heavy atom. The van der Waals surface area contributed by atoms with E-state index in [4.69, 9.17) is 4.74 Å². The minimum Gasteiger partial charge on any atom is -0.465 e. The summed E-state index contributed by atoms with van der Waals surface area (Å²) in [7, 11) is 1.27. The van der Waals surface area contributed by atoms with Crippen molar-refractivity contribution < 1.29 is 27.8 Å². The van der Waals surface area contributed by atoms with E-state index in [1.165, 1.54) is 42.7 Å². The van der Waals surface area contributed by atoms with Crippen molar-refractivity contribution in [2.24, 2.45) is 0 Å². The summed E-state index contributed by atoms with van der Waals surface area (Å²) in [5.41, 5.74) is 1.94. The van der Waals surface area contributed by atoms with E-state index in [1.54, 1.807) is 5.38 Å². The number of hydrogen-bond acceptors (Lipinski definition) is 5. The lowest BCUT2D eigenvalue weighted by Gasteiger charge is -2.09. The summed E-state index contributed by atoms with van der Waals surface area (Å²) in [4.78, 5) is 24.8. The topological polar surface area (TPSA) is 64.6 Å². The molecule has 5 nitrogen and oxygen atoms in total. The Morgan fingerprint density at radius 2 is 1.71 bits per heavy atom. The molecule has 1 aromatic heterocycles. The first-order chi connectivity index (χ1) is 13.5. The molecule has 1 heterocycles. The smallest absolute Gasteiger partial charge is 0.387 e. The largest absolute Gasteiger partial charge is 0.465 e. The Kier molecular flexibility index (Phi) is 6.00. The van der Waals surface area contributed by atoms with Gasteiger partial charge in [-0.25, -0.2) is 4.79 Å². The van der Waals surface area contributed by atoms with Crippen molar-refractivity contribution in [3.63, 3.8) is 0 Å². The maximum atomic E-state index is 12.5. The van der Waals surface area contributed by atoms with E-state index in [9.17, 15) is 18.4 Å². The van der Waals surface area contributed by atoms with Gasteiger partial charge in [0.2, 0.25) is 0 Å². The summed E-state index contributed by atoms with van der Waals surface area (Å²) in [6.07, 6.45) is 0. The third kappa shape index (κ3) is 4.34. The van der Waals surface area contributed by atoms with Crippen molar-refractivity contribution in [1.29, 1.82) is 0 Å². The summed E-state index contributed by atoms with van der Waals surface area (Å²) < 4.78 is 33.6. The van der Waals surface area contributed by atoms with Gasteiger partial charge in [0.1, 0.15) is 16.3 Å². The predicted octanol–water partition coefficient (Wildman–Crippen LogP) is 5.06. The van der Waals surface area contributed by atoms with Crippen LogP contribution < -0.4 is 10.1 Å². The van der Waals surface area contributed by atoms with Gasteiger partial charge in [-0.15, -0.1) is 11.3 Å². The van der Waals surface area contributed by atoms with Crippen LogP contribution in [0.2, 0.25) is 0 Å². The fraction of sp³-hybridized carbons (Fsp3) is 0.100. The molecular weight excluding hydrogens is 388 g/mol. The first-order valence-electron chi connectivity index (χ1n) is 8.11. The number of halogens is 2.